The van der Waals surface area contributed by atoms with Crippen LogP contribution in [0.2, 0.25) is 10.0 Å². The predicted octanol–water partition coefficient (Wildman–Crippen LogP) is 6.69. The highest BCUT2D eigenvalue weighted by Gasteiger charge is 2.35. The van der Waals surface area contributed by atoms with Crippen molar-refractivity contribution in [2.75, 3.05) is 0 Å². The predicted molar refractivity (Wildman–Crippen MR) is 82.8 cm³/mol. The number of benzene rings is 2. The Kier molecular flexibility index (Phi) is 5.25. The number of halogens is 5. The van der Waals surface area contributed by atoms with E-state index in [-0.39, 0.29) is 15.6 Å². The summed E-state index contributed by atoms with van der Waals surface area (Å²) in [6, 6.07) is 12.7. The summed E-state index contributed by atoms with van der Waals surface area (Å²) < 4.78 is 39.6. The van der Waals surface area contributed by atoms with Crippen molar-refractivity contribution in [2.45, 2.75) is 11.1 Å². The van der Waals surface area contributed by atoms with Gasteiger partial charge in [-0.05, 0) is 41.3 Å². The third-order valence-electron chi connectivity index (χ3n) is 2.54. The van der Waals surface area contributed by atoms with Gasteiger partial charge in [0.15, 0.2) is 0 Å². The molecule has 0 unspecified atom stereocenters. The molecular weight excluding hydrogens is 340 g/mol. The van der Waals surface area contributed by atoms with E-state index in [4.69, 9.17) is 23.2 Å². The van der Waals surface area contributed by atoms with Gasteiger partial charge in [0.2, 0.25) is 0 Å². The molecule has 110 valence electrons. The standard InChI is InChI=1S/C15H9Cl2F3S/c16-11-6-10(7-12(17)8-11)14(15(18,19)20)9-21-13-4-2-1-3-5-13/h1-9H/b14-9+. The van der Waals surface area contributed by atoms with Crippen molar-refractivity contribution in [3.8, 4) is 0 Å². The Balaban J connectivity index is 2.39. The van der Waals surface area contributed by atoms with Crippen molar-refractivity contribution in [3.63, 3.8) is 0 Å². The van der Waals surface area contributed by atoms with E-state index < -0.39 is 11.7 Å². The Morgan fingerprint density at radius 2 is 1.52 bits per heavy atom. The first-order valence-electron chi connectivity index (χ1n) is 5.82. The summed E-state index contributed by atoms with van der Waals surface area (Å²) in [6.45, 7) is 0. The quantitative estimate of drug-likeness (QED) is 0.556. The normalized spacial score (nSPS) is 12.5. The Bertz CT molecular complexity index is 631. The molecule has 0 aliphatic rings. The fourth-order valence-corrected chi connectivity index (χ4v) is 3.00. The maximum absolute atomic E-state index is 13.2. The number of allylic oxidation sites excluding steroid dienone is 1. The van der Waals surface area contributed by atoms with E-state index in [1.807, 2.05) is 0 Å². The molecule has 0 aromatic heterocycles. The molecule has 0 aliphatic carbocycles. The lowest BCUT2D eigenvalue weighted by Crippen LogP contribution is -2.10. The Morgan fingerprint density at radius 1 is 0.952 bits per heavy atom. The minimum Gasteiger partial charge on any atom is -0.166 e. The van der Waals surface area contributed by atoms with E-state index in [1.165, 1.54) is 18.2 Å². The number of rotatable bonds is 3. The van der Waals surface area contributed by atoms with E-state index in [1.54, 1.807) is 30.3 Å². The molecule has 0 saturated heterocycles. The Labute approximate surface area is 134 Å². The Morgan fingerprint density at radius 3 is 2.05 bits per heavy atom. The van der Waals surface area contributed by atoms with Gasteiger partial charge in [-0.25, -0.2) is 0 Å². The van der Waals surface area contributed by atoms with E-state index >= 15 is 0 Å². The highest BCUT2D eigenvalue weighted by atomic mass is 35.5. The molecule has 0 N–H and O–H groups in total. The lowest BCUT2D eigenvalue weighted by Gasteiger charge is -2.13. The number of thioether (sulfide) groups is 1. The van der Waals surface area contributed by atoms with Crippen LogP contribution in [0.5, 0.6) is 0 Å². The fourth-order valence-electron chi connectivity index (χ4n) is 1.63. The summed E-state index contributed by atoms with van der Waals surface area (Å²) in [4.78, 5) is 0.715. The third-order valence-corrected chi connectivity index (χ3v) is 3.87. The molecule has 0 bridgehead atoms. The second-order valence-corrected chi connectivity index (χ2v) is 5.93. The van der Waals surface area contributed by atoms with E-state index in [9.17, 15) is 13.2 Å². The van der Waals surface area contributed by atoms with Gasteiger partial charge in [-0.2, -0.15) is 13.2 Å². The molecule has 0 amide bonds. The molecule has 21 heavy (non-hydrogen) atoms. The molecule has 0 aliphatic heterocycles. The minimum atomic E-state index is -4.49. The average molecular weight is 349 g/mol. The summed E-state index contributed by atoms with van der Waals surface area (Å²) in [5.41, 5.74) is -0.829. The van der Waals surface area contributed by atoms with E-state index in [0.29, 0.717) is 4.90 Å². The third kappa shape index (κ3) is 4.70. The first-order valence-corrected chi connectivity index (χ1v) is 7.45. The summed E-state index contributed by atoms with van der Waals surface area (Å²) in [5, 5.41) is 1.40. The molecule has 2 aromatic carbocycles. The molecule has 0 fully saturated rings. The second-order valence-electron chi connectivity index (χ2n) is 4.12. The van der Waals surface area contributed by atoms with Gasteiger partial charge in [0.25, 0.3) is 0 Å². The minimum absolute atomic E-state index is 0.0524. The van der Waals surface area contributed by atoms with Crippen LogP contribution in [0.15, 0.2) is 58.8 Å². The molecule has 0 radical (unpaired) electrons. The molecule has 6 heteroatoms. The van der Waals surface area contributed by atoms with E-state index in [0.717, 1.165) is 17.2 Å². The summed E-state index contributed by atoms with van der Waals surface area (Å²) in [7, 11) is 0. The van der Waals surface area contributed by atoms with Gasteiger partial charge in [0.1, 0.15) is 0 Å². The van der Waals surface area contributed by atoms with Gasteiger partial charge in [-0.1, -0.05) is 53.2 Å². The van der Waals surface area contributed by atoms with Crippen LogP contribution in [0.1, 0.15) is 5.56 Å². The average Bonchev–Trinajstić information content (AvgIpc) is 2.37. The molecule has 0 heterocycles. The van der Waals surface area contributed by atoms with Crippen molar-refractivity contribution >= 4 is 40.5 Å². The Hall–Kier alpha value is -1.10. The molecule has 0 atom stereocenters. The highest BCUT2D eigenvalue weighted by molar-refractivity contribution is 8.02. The maximum Gasteiger partial charge on any atom is 0.417 e. The van der Waals surface area contributed by atoms with Crippen LogP contribution in [0.4, 0.5) is 13.2 Å². The SMILES string of the molecule is FC(F)(F)/C(=C/Sc1ccccc1)c1cc(Cl)cc(Cl)c1. The van der Waals surface area contributed by atoms with Gasteiger partial charge in [0, 0.05) is 14.9 Å². The number of alkyl halides is 3. The summed E-state index contributed by atoms with van der Waals surface area (Å²) in [6.07, 6.45) is -4.49. The monoisotopic (exact) mass is 348 g/mol. The van der Waals surface area contributed by atoms with Crippen LogP contribution in [0.25, 0.3) is 5.57 Å². The molecule has 2 aromatic rings. The fraction of sp³-hybridized carbons (Fsp3) is 0.0667. The molecule has 0 nitrogen and oxygen atoms in total. The van der Waals surface area contributed by atoms with Gasteiger partial charge in [0.05, 0.1) is 5.57 Å². The smallest absolute Gasteiger partial charge is 0.166 e. The number of hydrogen-bond donors (Lipinski definition) is 0. The van der Waals surface area contributed by atoms with Gasteiger partial charge < -0.3 is 0 Å². The van der Waals surface area contributed by atoms with Gasteiger partial charge >= 0.3 is 6.18 Å². The lowest BCUT2D eigenvalue weighted by molar-refractivity contribution is -0.0687. The summed E-state index contributed by atoms with van der Waals surface area (Å²) in [5.74, 6) is 0. The van der Waals surface area contributed by atoms with Crippen LogP contribution in [-0.4, -0.2) is 6.18 Å². The second kappa shape index (κ2) is 6.77. The van der Waals surface area contributed by atoms with Gasteiger partial charge in [-0.3, -0.25) is 0 Å². The first kappa shape index (κ1) is 16.3. The highest BCUT2D eigenvalue weighted by Crippen LogP contribution is 2.38. The van der Waals surface area contributed by atoms with Crippen LogP contribution >= 0.6 is 35.0 Å². The van der Waals surface area contributed by atoms with Crippen molar-refractivity contribution < 1.29 is 13.2 Å². The lowest BCUT2D eigenvalue weighted by atomic mass is 10.1. The molecule has 2 rings (SSSR count). The summed E-state index contributed by atoms with van der Waals surface area (Å²) >= 11 is 12.5. The van der Waals surface area contributed by atoms with Crippen molar-refractivity contribution in [2.24, 2.45) is 0 Å². The first-order chi connectivity index (χ1) is 9.86. The zero-order valence-corrected chi connectivity index (χ0v) is 12.8. The maximum atomic E-state index is 13.2. The molecule has 0 saturated carbocycles. The topological polar surface area (TPSA) is 0 Å². The molecule has 0 spiro atoms. The zero-order chi connectivity index (χ0) is 15.5. The van der Waals surface area contributed by atoms with Crippen molar-refractivity contribution in [1.29, 1.82) is 0 Å². The van der Waals surface area contributed by atoms with Crippen LogP contribution in [-0.2, 0) is 0 Å². The van der Waals surface area contributed by atoms with Crippen LogP contribution < -0.4 is 0 Å². The van der Waals surface area contributed by atoms with Crippen molar-refractivity contribution in [3.05, 3.63) is 69.5 Å². The van der Waals surface area contributed by atoms with Crippen LogP contribution in [0.3, 0.4) is 0 Å². The van der Waals surface area contributed by atoms with Crippen molar-refractivity contribution in [1.82, 2.24) is 0 Å². The van der Waals surface area contributed by atoms with Crippen LogP contribution in [0, 0.1) is 0 Å². The van der Waals surface area contributed by atoms with E-state index in [2.05, 4.69) is 0 Å². The zero-order valence-electron chi connectivity index (χ0n) is 10.5. The number of hydrogen-bond acceptors (Lipinski definition) is 1. The van der Waals surface area contributed by atoms with Gasteiger partial charge in [-0.15, -0.1) is 0 Å². The largest absolute Gasteiger partial charge is 0.417 e. The molecular formula is C15H9Cl2F3S.